The molecule has 0 aliphatic heterocycles. The smallest absolute Gasteiger partial charge is 0.168 e. The van der Waals surface area contributed by atoms with Crippen molar-refractivity contribution < 1.29 is 9.18 Å². The number of benzene rings is 1. The summed E-state index contributed by atoms with van der Waals surface area (Å²) < 4.78 is 13.6. The van der Waals surface area contributed by atoms with Gasteiger partial charge in [-0.15, -0.1) is 0 Å². The lowest BCUT2D eigenvalue weighted by molar-refractivity contribution is 0.111. The van der Waals surface area contributed by atoms with Crippen LogP contribution < -0.4 is 5.73 Å². The average molecular weight is 251 g/mol. The number of nitrogens with two attached hydrogens (primary N) is 1. The first-order valence-corrected chi connectivity index (χ1v) is 5.16. The highest BCUT2D eigenvalue weighted by Crippen LogP contribution is 2.28. The zero-order valence-corrected chi connectivity index (χ0v) is 9.41. The third-order valence-electron chi connectivity index (χ3n) is 2.26. The van der Waals surface area contributed by atoms with Crippen LogP contribution in [-0.2, 0) is 0 Å². The fourth-order valence-corrected chi connectivity index (χ4v) is 1.64. The lowest BCUT2D eigenvalue weighted by Gasteiger charge is -2.07. The average Bonchev–Trinajstić information content (AvgIpc) is 2.30. The van der Waals surface area contributed by atoms with E-state index in [1.54, 1.807) is 12.1 Å². The van der Waals surface area contributed by atoms with Gasteiger partial charge in [0.2, 0.25) is 0 Å². The molecule has 0 saturated heterocycles. The predicted molar refractivity (Wildman–Crippen MR) is 64.4 cm³/mol. The number of carbonyl (C=O) groups excluding carboxylic acids is 1. The molecule has 0 aliphatic carbocycles. The van der Waals surface area contributed by atoms with Crippen LogP contribution in [0.2, 0.25) is 5.02 Å². The summed E-state index contributed by atoms with van der Waals surface area (Å²) in [6.45, 7) is 0. The molecule has 0 amide bonds. The van der Waals surface area contributed by atoms with E-state index in [4.69, 9.17) is 17.3 Å². The lowest BCUT2D eigenvalue weighted by atomic mass is 10.1. The topological polar surface area (TPSA) is 56.0 Å². The Bertz CT molecular complexity index is 587. The molecule has 2 N–H and O–H groups in total. The third kappa shape index (κ3) is 2.26. The molecular weight excluding hydrogens is 243 g/mol. The lowest BCUT2D eigenvalue weighted by Crippen LogP contribution is -1.97. The monoisotopic (exact) mass is 250 g/mol. The number of anilines is 1. The van der Waals surface area contributed by atoms with Gasteiger partial charge in [0.1, 0.15) is 17.2 Å². The summed E-state index contributed by atoms with van der Waals surface area (Å²) in [6.07, 6.45) is 0.551. The number of hydrogen-bond donors (Lipinski definition) is 1. The number of aldehydes is 1. The Morgan fingerprint density at radius 1 is 1.29 bits per heavy atom. The quantitative estimate of drug-likeness (QED) is 0.659. The van der Waals surface area contributed by atoms with Gasteiger partial charge in [-0.25, -0.2) is 9.37 Å². The van der Waals surface area contributed by atoms with Crippen molar-refractivity contribution in [2.75, 3.05) is 5.73 Å². The summed E-state index contributed by atoms with van der Waals surface area (Å²) in [4.78, 5) is 14.5. The Hall–Kier alpha value is -1.94. The maximum absolute atomic E-state index is 13.6. The second kappa shape index (κ2) is 4.51. The summed E-state index contributed by atoms with van der Waals surface area (Å²) in [5.41, 5.74) is 6.65. The fraction of sp³-hybridized carbons (Fsp3) is 0. The van der Waals surface area contributed by atoms with E-state index in [0.29, 0.717) is 22.6 Å². The zero-order valence-electron chi connectivity index (χ0n) is 8.65. The van der Waals surface area contributed by atoms with Crippen LogP contribution in [0.1, 0.15) is 10.5 Å². The number of aromatic nitrogens is 1. The molecule has 0 atom stereocenters. The number of pyridine rings is 1. The Morgan fingerprint density at radius 3 is 2.71 bits per heavy atom. The largest absolute Gasteiger partial charge is 0.398 e. The van der Waals surface area contributed by atoms with Crippen molar-refractivity contribution in [3.8, 4) is 11.3 Å². The standard InChI is InChI=1S/C12H8ClFN2O/c13-7-1-3-9(11(15)5-7)12-10(14)4-2-8(6-17)16-12/h1-6H,15H2. The highest BCUT2D eigenvalue weighted by atomic mass is 35.5. The first-order chi connectivity index (χ1) is 8.11. The molecule has 17 heavy (non-hydrogen) atoms. The van der Waals surface area contributed by atoms with E-state index >= 15 is 0 Å². The normalized spacial score (nSPS) is 10.2. The predicted octanol–water partition coefficient (Wildman–Crippen LogP) is 2.94. The molecule has 1 aromatic heterocycles. The summed E-state index contributed by atoms with van der Waals surface area (Å²) in [7, 11) is 0. The maximum Gasteiger partial charge on any atom is 0.168 e. The number of nitrogen functional groups attached to an aromatic ring is 1. The summed E-state index contributed by atoms with van der Waals surface area (Å²) >= 11 is 5.75. The van der Waals surface area contributed by atoms with Gasteiger partial charge in [0.15, 0.2) is 6.29 Å². The van der Waals surface area contributed by atoms with Gasteiger partial charge in [0, 0.05) is 16.3 Å². The molecule has 0 radical (unpaired) electrons. The van der Waals surface area contributed by atoms with Gasteiger partial charge in [0.05, 0.1) is 0 Å². The van der Waals surface area contributed by atoms with Gasteiger partial charge in [-0.2, -0.15) is 0 Å². The van der Waals surface area contributed by atoms with Crippen molar-refractivity contribution in [2.45, 2.75) is 0 Å². The fourth-order valence-electron chi connectivity index (χ4n) is 1.46. The number of rotatable bonds is 2. The molecule has 2 rings (SSSR count). The molecule has 5 heteroatoms. The van der Waals surface area contributed by atoms with E-state index in [0.717, 1.165) is 0 Å². The third-order valence-corrected chi connectivity index (χ3v) is 2.49. The molecule has 0 saturated carbocycles. The molecule has 3 nitrogen and oxygen atoms in total. The molecule has 0 aliphatic rings. The molecule has 0 unspecified atom stereocenters. The van der Waals surface area contributed by atoms with Gasteiger partial charge in [-0.1, -0.05) is 11.6 Å². The van der Waals surface area contributed by atoms with Crippen LogP contribution in [0.3, 0.4) is 0 Å². The van der Waals surface area contributed by atoms with E-state index in [2.05, 4.69) is 4.98 Å². The minimum absolute atomic E-state index is 0.0452. The minimum Gasteiger partial charge on any atom is -0.398 e. The van der Waals surface area contributed by atoms with Crippen molar-refractivity contribution in [2.24, 2.45) is 0 Å². The Morgan fingerprint density at radius 2 is 2.06 bits per heavy atom. The number of nitrogens with zero attached hydrogens (tertiary/aromatic N) is 1. The molecule has 0 fully saturated rings. The van der Waals surface area contributed by atoms with Crippen LogP contribution in [0, 0.1) is 5.82 Å². The molecule has 86 valence electrons. The van der Waals surface area contributed by atoms with E-state index in [1.807, 2.05) is 0 Å². The summed E-state index contributed by atoms with van der Waals surface area (Å²) in [6, 6.07) is 7.14. The molecule has 2 aromatic rings. The molecule has 0 bridgehead atoms. The Labute approximate surface area is 102 Å². The van der Waals surface area contributed by atoms with Crippen molar-refractivity contribution in [3.63, 3.8) is 0 Å². The van der Waals surface area contributed by atoms with Crippen LogP contribution >= 0.6 is 11.6 Å². The number of halogens is 2. The number of hydrogen-bond acceptors (Lipinski definition) is 3. The first-order valence-electron chi connectivity index (χ1n) is 4.79. The summed E-state index contributed by atoms with van der Waals surface area (Å²) in [5.74, 6) is -0.537. The van der Waals surface area contributed by atoms with Crippen LogP contribution in [0.4, 0.5) is 10.1 Å². The Balaban J connectivity index is 2.63. The van der Waals surface area contributed by atoms with Gasteiger partial charge in [0.25, 0.3) is 0 Å². The van der Waals surface area contributed by atoms with E-state index in [1.165, 1.54) is 18.2 Å². The van der Waals surface area contributed by atoms with Gasteiger partial charge < -0.3 is 5.73 Å². The molecule has 1 aromatic carbocycles. The van der Waals surface area contributed by atoms with Crippen LogP contribution in [0.5, 0.6) is 0 Å². The van der Waals surface area contributed by atoms with E-state index in [-0.39, 0.29) is 11.4 Å². The minimum atomic E-state index is -0.537. The molecule has 0 spiro atoms. The Kier molecular flexibility index (Phi) is 3.06. The zero-order chi connectivity index (χ0) is 12.4. The van der Waals surface area contributed by atoms with Crippen molar-refractivity contribution >= 4 is 23.6 Å². The van der Waals surface area contributed by atoms with Crippen molar-refractivity contribution in [3.05, 3.63) is 46.9 Å². The second-order valence-electron chi connectivity index (χ2n) is 3.42. The van der Waals surface area contributed by atoms with E-state index < -0.39 is 5.82 Å². The first kappa shape index (κ1) is 11.5. The van der Waals surface area contributed by atoms with Gasteiger partial charge >= 0.3 is 0 Å². The summed E-state index contributed by atoms with van der Waals surface area (Å²) in [5, 5.41) is 0.457. The molecule has 1 heterocycles. The van der Waals surface area contributed by atoms with Crippen LogP contribution in [0.25, 0.3) is 11.3 Å². The van der Waals surface area contributed by atoms with Crippen molar-refractivity contribution in [1.82, 2.24) is 4.98 Å². The van der Waals surface area contributed by atoms with Crippen LogP contribution in [-0.4, -0.2) is 11.3 Å². The highest BCUT2D eigenvalue weighted by Gasteiger charge is 2.11. The number of carbonyl (C=O) groups is 1. The van der Waals surface area contributed by atoms with Crippen molar-refractivity contribution in [1.29, 1.82) is 0 Å². The SMILES string of the molecule is Nc1cc(Cl)ccc1-c1nc(C=O)ccc1F. The van der Waals surface area contributed by atoms with Gasteiger partial charge in [-0.3, -0.25) is 4.79 Å². The van der Waals surface area contributed by atoms with E-state index in [9.17, 15) is 9.18 Å². The van der Waals surface area contributed by atoms with Crippen LogP contribution in [0.15, 0.2) is 30.3 Å². The van der Waals surface area contributed by atoms with Gasteiger partial charge in [-0.05, 0) is 30.3 Å². The molecular formula is C12H8ClFN2O. The highest BCUT2D eigenvalue weighted by molar-refractivity contribution is 6.31. The second-order valence-corrected chi connectivity index (χ2v) is 3.85. The maximum atomic E-state index is 13.6.